The van der Waals surface area contributed by atoms with Crippen molar-refractivity contribution in [3.05, 3.63) is 35.9 Å². The van der Waals surface area contributed by atoms with Crippen LogP contribution in [-0.4, -0.2) is 43.2 Å². The Bertz CT molecular complexity index is 414. The SMILES string of the molecule is CCC(=O)NCCOC1CCN(Cc2ccccc2)CC1. The first kappa shape index (κ1) is 16.0. The third kappa shape index (κ3) is 5.86. The highest BCUT2D eigenvalue weighted by atomic mass is 16.5. The number of carbonyl (C=O) groups is 1. The molecule has 1 aromatic rings. The summed E-state index contributed by atoms with van der Waals surface area (Å²) in [6.07, 6.45) is 3.04. The van der Waals surface area contributed by atoms with E-state index in [0.717, 1.165) is 32.5 Å². The third-order valence-electron chi connectivity index (χ3n) is 3.88. The molecule has 0 atom stereocenters. The minimum absolute atomic E-state index is 0.0938. The zero-order valence-corrected chi connectivity index (χ0v) is 12.9. The molecular formula is C17H26N2O2. The molecule has 0 aromatic heterocycles. The lowest BCUT2D eigenvalue weighted by atomic mass is 10.1. The lowest BCUT2D eigenvalue weighted by Gasteiger charge is -2.31. The number of carbonyl (C=O) groups excluding carboxylic acids is 1. The molecule has 1 aromatic carbocycles. The molecular weight excluding hydrogens is 264 g/mol. The number of hydrogen-bond donors (Lipinski definition) is 1. The summed E-state index contributed by atoms with van der Waals surface area (Å²) in [7, 11) is 0. The number of benzene rings is 1. The first-order valence-electron chi connectivity index (χ1n) is 7.92. The lowest BCUT2D eigenvalue weighted by Crippen LogP contribution is -2.37. The number of likely N-dealkylation sites (tertiary alicyclic amines) is 1. The van der Waals surface area contributed by atoms with E-state index in [9.17, 15) is 4.79 Å². The van der Waals surface area contributed by atoms with E-state index >= 15 is 0 Å². The molecule has 4 heteroatoms. The van der Waals surface area contributed by atoms with Gasteiger partial charge in [-0.25, -0.2) is 0 Å². The number of ether oxygens (including phenoxy) is 1. The Morgan fingerprint density at radius 3 is 2.67 bits per heavy atom. The summed E-state index contributed by atoms with van der Waals surface area (Å²) in [5.74, 6) is 0.0938. The van der Waals surface area contributed by atoms with Gasteiger partial charge in [0.05, 0.1) is 12.7 Å². The highest BCUT2D eigenvalue weighted by molar-refractivity contribution is 5.75. The fourth-order valence-corrected chi connectivity index (χ4v) is 2.62. The van der Waals surface area contributed by atoms with Crippen LogP contribution >= 0.6 is 0 Å². The Balaban J connectivity index is 1.59. The second-order valence-corrected chi connectivity index (χ2v) is 5.54. The Kier molecular flexibility index (Phi) is 6.70. The van der Waals surface area contributed by atoms with Gasteiger partial charge in [-0.05, 0) is 18.4 Å². The maximum atomic E-state index is 11.1. The zero-order valence-electron chi connectivity index (χ0n) is 12.9. The normalized spacial score (nSPS) is 16.8. The van der Waals surface area contributed by atoms with E-state index in [4.69, 9.17) is 4.74 Å². The monoisotopic (exact) mass is 290 g/mol. The predicted molar refractivity (Wildman–Crippen MR) is 84.0 cm³/mol. The number of piperidine rings is 1. The van der Waals surface area contributed by atoms with Gasteiger partial charge < -0.3 is 10.1 Å². The van der Waals surface area contributed by atoms with Gasteiger partial charge in [-0.15, -0.1) is 0 Å². The molecule has 1 heterocycles. The van der Waals surface area contributed by atoms with E-state index in [1.54, 1.807) is 0 Å². The molecule has 1 aliphatic rings. The Morgan fingerprint density at radius 2 is 2.00 bits per heavy atom. The van der Waals surface area contributed by atoms with Crippen LogP contribution in [0.15, 0.2) is 30.3 Å². The van der Waals surface area contributed by atoms with Gasteiger partial charge in [0.2, 0.25) is 5.91 Å². The molecule has 1 fully saturated rings. The second kappa shape index (κ2) is 8.80. The van der Waals surface area contributed by atoms with Crippen molar-refractivity contribution in [2.45, 2.75) is 38.8 Å². The summed E-state index contributed by atoms with van der Waals surface area (Å²) in [6.45, 7) is 6.30. The lowest BCUT2D eigenvalue weighted by molar-refractivity contribution is -0.121. The van der Waals surface area contributed by atoms with Gasteiger partial charge in [0, 0.05) is 32.6 Å². The first-order chi connectivity index (χ1) is 10.3. The molecule has 0 bridgehead atoms. The Labute approximate surface area is 127 Å². The molecule has 1 saturated heterocycles. The smallest absolute Gasteiger partial charge is 0.219 e. The minimum atomic E-state index is 0.0938. The highest BCUT2D eigenvalue weighted by Crippen LogP contribution is 2.16. The first-order valence-corrected chi connectivity index (χ1v) is 7.92. The van der Waals surface area contributed by atoms with Crippen molar-refractivity contribution in [3.8, 4) is 0 Å². The molecule has 21 heavy (non-hydrogen) atoms. The van der Waals surface area contributed by atoms with E-state index in [-0.39, 0.29) is 5.91 Å². The van der Waals surface area contributed by atoms with Gasteiger partial charge in [-0.3, -0.25) is 9.69 Å². The van der Waals surface area contributed by atoms with Crippen LogP contribution in [0.1, 0.15) is 31.7 Å². The molecule has 116 valence electrons. The summed E-state index contributed by atoms with van der Waals surface area (Å²) < 4.78 is 5.83. The van der Waals surface area contributed by atoms with Gasteiger partial charge in [0.25, 0.3) is 0 Å². The van der Waals surface area contributed by atoms with Crippen LogP contribution in [0.25, 0.3) is 0 Å². The fourth-order valence-electron chi connectivity index (χ4n) is 2.62. The van der Waals surface area contributed by atoms with Crippen LogP contribution in [0.2, 0.25) is 0 Å². The maximum Gasteiger partial charge on any atom is 0.219 e. The van der Waals surface area contributed by atoms with Crippen molar-refractivity contribution in [3.63, 3.8) is 0 Å². The van der Waals surface area contributed by atoms with Crippen molar-refractivity contribution < 1.29 is 9.53 Å². The van der Waals surface area contributed by atoms with Gasteiger partial charge in [-0.2, -0.15) is 0 Å². The second-order valence-electron chi connectivity index (χ2n) is 5.54. The minimum Gasteiger partial charge on any atom is -0.376 e. The van der Waals surface area contributed by atoms with Gasteiger partial charge in [0.15, 0.2) is 0 Å². The van der Waals surface area contributed by atoms with Crippen LogP contribution in [0.3, 0.4) is 0 Å². The van der Waals surface area contributed by atoms with Crippen molar-refractivity contribution in [2.75, 3.05) is 26.2 Å². The summed E-state index contributed by atoms with van der Waals surface area (Å²) in [5, 5.41) is 2.84. The molecule has 0 radical (unpaired) electrons. The molecule has 0 spiro atoms. The molecule has 0 aliphatic carbocycles. The topological polar surface area (TPSA) is 41.6 Å². The van der Waals surface area contributed by atoms with Crippen molar-refractivity contribution >= 4 is 5.91 Å². The molecule has 1 aliphatic heterocycles. The number of amides is 1. The van der Waals surface area contributed by atoms with Crippen molar-refractivity contribution in [1.82, 2.24) is 10.2 Å². The fraction of sp³-hybridized carbons (Fsp3) is 0.588. The zero-order chi connectivity index (χ0) is 14.9. The molecule has 0 saturated carbocycles. The summed E-state index contributed by atoms with van der Waals surface area (Å²) in [6, 6.07) is 10.6. The maximum absolute atomic E-state index is 11.1. The van der Waals surface area contributed by atoms with Gasteiger partial charge >= 0.3 is 0 Å². The Morgan fingerprint density at radius 1 is 1.29 bits per heavy atom. The largest absolute Gasteiger partial charge is 0.376 e. The van der Waals surface area contributed by atoms with E-state index in [2.05, 4.69) is 40.5 Å². The van der Waals surface area contributed by atoms with E-state index < -0.39 is 0 Å². The summed E-state index contributed by atoms with van der Waals surface area (Å²) in [5.41, 5.74) is 1.37. The van der Waals surface area contributed by atoms with Crippen LogP contribution in [0, 0.1) is 0 Å². The van der Waals surface area contributed by atoms with Crippen LogP contribution in [0.4, 0.5) is 0 Å². The van der Waals surface area contributed by atoms with Crippen LogP contribution < -0.4 is 5.32 Å². The average molecular weight is 290 g/mol. The molecule has 4 nitrogen and oxygen atoms in total. The van der Waals surface area contributed by atoms with E-state index in [0.29, 0.717) is 25.7 Å². The van der Waals surface area contributed by atoms with Gasteiger partial charge in [-0.1, -0.05) is 37.3 Å². The summed E-state index contributed by atoms with van der Waals surface area (Å²) in [4.78, 5) is 13.6. The van der Waals surface area contributed by atoms with Crippen molar-refractivity contribution in [1.29, 1.82) is 0 Å². The number of hydrogen-bond acceptors (Lipinski definition) is 3. The molecule has 0 unspecified atom stereocenters. The highest BCUT2D eigenvalue weighted by Gasteiger charge is 2.19. The molecule has 2 rings (SSSR count). The predicted octanol–water partition coefficient (Wildman–Crippen LogP) is 2.19. The van der Waals surface area contributed by atoms with Crippen LogP contribution in [-0.2, 0) is 16.1 Å². The molecule has 1 amide bonds. The quantitative estimate of drug-likeness (QED) is 0.783. The standard InChI is InChI=1S/C17H26N2O2/c1-2-17(20)18-10-13-21-16-8-11-19(12-9-16)14-15-6-4-3-5-7-15/h3-7,16H,2,8-14H2,1H3,(H,18,20). The summed E-state index contributed by atoms with van der Waals surface area (Å²) >= 11 is 0. The number of rotatable bonds is 7. The third-order valence-corrected chi connectivity index (χ3v) is 3.88. The van der Waals surface area contributed by atoms with Crippen LogP contribution in [0.5, 0.6) is 0 Å². The van der Waals surface area contributed by atoms with E-state index in [1.165, 1.54) is 5.56 Å². The van der Waals surface area contributed by atoms with Gasteiger partial charge in [0.1, 0.15) is 0 Å². The average Bonchev–Trinajstić information content (AvgIpc) is 2.54. The number of nitrogens with zero attached hydrogens (tertiary/aromatic N) is 1. The van der Waals surface area contributed by atoms with E-state index in [1.807, 2.05) is 6.92 Å². The van der Waals surface area contributed by atoms with Crippen molar-refractivity contribution in [2.24, 2.45) is 0 Å². The Hall–Kier alpha value is -1.39. The molecule has 1 N–H and O–H groups in total. The number of nitrogens with one attached hydrogen (secondary N) is 1.